The molecule has 2 amide bonds. The van der Waals surface area contributed by atoms with Crippen molar-refractivity contribution in [3.63, 3.8) is 0 Å². The number of hydrogen-bond acceptors (Lipinski definition) is 4. The van der Waals surface area contributed by atoms with Gasteiger partial charge in [-0.1, -0.05) is 6.92 Å². The highest BCUT2D eigenvalue weighted by Crippen LogP contribution is 2.32. The molecule has 120 valence electrons. The number of urea groups is 1. The van der Waals surface area contributed by atoms with Crippen molar-refractivity contribution in [1.82, 2.24) is 9.80 Å². The van der Waals surface area contributed by atoms with Crippen LogP contribution >= 0.6 is 11.8 Å². The number of ether oxygens (including phenoxy) is 1. The lowest BCUT2D eigenvalue weighted by atomic mass is 10.1. The van der Waals surface area contributed by atoms with Gasteiger partial charge in [-0.2, -0.15) is 0 Å². The first-order chi connectivity index (χ1) is 10.0. The Morgan fingerprint density at radius 2 is 2.19 bits per heavy atom. The fourth-order valence-corrected chi connectivity index (χ4v) is 4.20. The van der Waals surface area contributed by atoms with Crippen LogP contribution in [0.25, 0.3) is 0 Å². The molecule has 7 heteroatoms. The van der Waals surface area contributed by atoms with Gasteiger partial charge in [0.2, 0.25) is 0 Å². The molecule has 2 heterocycles. The number of rotatable bonds is 4. The lowest BCUT2D eigenvalue weighted by Gasteiger charge is -2.33. The van der Waals surface area contributed by atoms with Crippen LogP contribution in [0.5, 0.6) is 0 Å². The van der Waals surface area contributed by atoms with Crippen molar-refractivity contribution in [3.05, 3.63) is 0 Å². The number of carboxylic acid groups (broad SMARTS) is 1. The average molecular weight is 316 g/mol. The van der Waals surface area contributed by atoms with Gasteiger partial charge in [0, 0.05) is 26.0 Å². The van der Waals surface area contributed by atoms with Gasteiger partial charge in [-0.25, -0.2) is 9.59 Å². The van der Waals surface area contributed by atoms with Crippen molar-refractivity contribution in [2.45, 2.75) is 50.1 Å². The van der Waals surface area contributed by atoms with Crippen molar-refractivity contribution >= 4 is 23.8 Å². The minimum absolute atomic E-state index is 0.0478. The number of hydrogen-bond donors (Lipinski definition) is 1. The van der Waals surface area contributed by atoms with Gasteiger partial charge in [-0.05, 0) is 25.7 Å². The Bertz CT molecular complexity index is 387. The highest BCUT2D eigenvalue weighted by molar-refractivity contribution is 8.00. The third kappa shape index (κ3) is 3.83. The number of carbonyl (C=O) groups is 2. The zero-order chi connectivity index (χ0) is 15.4. The van der Waals surface area contributed by atoms with Crippen LogP contribution in [0, 0.1) is 0 Å². The third-order valence-corrected chi connectivity index (χ3v) is 5.48. The fraction of sp³-hybridized carbons (Fsp3) is 0.857. The largest absolute Gasteiger partial charge is 0.480 e. The second kappa shape index (κ2) is 7.35. The van der Waals surface area contributed by atoms with Crippen molar-refractivity contribution in [3.8, 4) is 0 Å². The number of thioether (sulfide) groups is 1. The zero-order valence-corrected chi connectivity index (χ0v) is 13.5. The summed E-state index contributed by atoms with van der Waals surface area (Å²) in [5.41, 5.74) is 0. The Labute approximate surface area is 129 Å². The quantitative estimate of drug-likeness (QED) is 0.857. The zero-order valence-electron chi connectivity index (χ0n) is 12.7. The lowest BCUT2D eigenvalue weighted by molar-refractivity contribution is -0.141. The summed E-state index contributed by atoms with van der Waals surface area (Å²) in [4.78, 5) is 27.1. The molecule has 0 aromatic carbocycles. The van der Waals surface area contributed by atoms with Crippen LogP contribution in [-0.2, 0) is 9.53 Å². The Hall–Kier alpha value is -0.950. The van der Waals surface area contributed by atoms with Gasteiger partial charge in [0.15, 0.2) is 0 Å². The number of aliphatic carboxylic acids is 1. The Balaban J connectivity index is 1.99. The Morgan fingerprint density at radius 1 is 1.43 bits per heavy atom. The van der Waals surface area contributed by atoms with Crippen LogP contribution in [-0.4, -0.2) is 70.4 Å². The second-order valence-corrected chi connectivity index (χ2v) is 6.82. The summed E-state index contributed by atoms with van der Waals surface area (Å²) in [6.45, 7) is 3.26. The molecule has 0 aromatic rings. The van der Waals surface area contributed by atoms with Gasteiger partial charge < -0.3 is 14.7 Å². The van der Waals surface area contributed by atoms with Crippen LogP contribution in [0.4, 0.5) is 4.79 Å². The highest BCUT2D eigenvalue weighted by atomic mass is 32.2. The first kappa shape index (κ1) is 16.4. The maximum Gasteiger partial charge on any atom is 0.327 e. The number of amides is 2. The second-order valence-electron chi connectivity index (χ2n) is 5.61. The van der Waals surface area contributed by atoms with Crippen LogP contribution in [0.3, 0.4) is 0 Å². The maximum atomic E-state index is 12.6. The van der Waals surface area contributed by atoms with E-state index >= 15 is 0 Å². The number of carboxylic acids is 1. The van der Waals surface area contributed by atoms with E-state index in [4.69, 9.17) is 4.74 Å². The molecular weight excluding hydrogens is 292 g/mol. The molecule has 0 saturated carbocycles. The molecule has 1 N–H and O–H groups in total. The van der Waals surface area contributed by atoms with E-state index in [1.54, 1.807) is 23.7 Å². The molecule has 0 bridgehead atoms. The first-order valence-corrected chi connectivity index (χ1v) is 8.59. The summed E-state index contributed by atoms with van der Waals surface area (Å²) in [7, 11) is 1.73. The monoisotopic (exact) mass is 316 g/mol. The van der Waals surface area contributed by atoms with Crippen molar-refractivity contribution in [2.75, 3.05) is 26.0 Å². The van der Waals surface area contributed by atoms with Crippen LogP contribution in [0.15, 0.2) is 0 Å². The van der Waals surface area contributed by atoms with E-state index in [1.165, 1.54) is 4.90 Å². The summed E-state index contributed by atoms with van der Waals surface area (Å²) in [5, 5.41) is 9.25. The minimum Gasteiger partial charge on any atom is -0.480 e. The summed E-state index contributed by atoms with van der Waals surface area (Å²) in [6, 6.07) is -0.921. The van der Waals surface area contributed by atoms with Gasteiger partial charge in [-0.3, -0.25) is 4.90 Å². The standard InChI is InChI=1S/C14H24N2O4S/c1-3-12-16(11(9-21-12)13(17)18)14(19)15(2)8-10-6-4-5-7-20-10/h10-12H,3-9H2,1-2H3,(H,17,18). The van der Waals surface area contributed by atoms with Crippen molar-refractivity contribution in [1.29, 1.82) is 0 Å². The topological polar surface area (TPSA) is 70.1 Å². The number of likely N-dealkylation sites (N-methyl/N-ethyl adjacent to an activating group) is 1. The first-order valence-electron chi connectivity index (χ1n) is 7.54. The molecule has 21 heavy (non-hydrogen) atoms. The molecular formula is C14H24N2O4S. The minimum atomic E-state index is -0.922. The molecule has 2 fully saturated rings. The molecule has 2 saturated heterocycles. The Kier molecular flexibility index (Phi) is 5.75. The van der Waals surface area contributed by atoms with E-state index in [2.05, 4.69) is 0 Å². The molecule has 3 atom stereocenters. The average Bonchev–Trinajstić information content (AvgIpc) is 2.91. The van der Waals surface area contributed by atoms with E-state index in [1.807, 2.05) is 6.92 Å². The van der Waals surface area contributed by atoms with E-state index in [0.29, 0.717) is 12.3 Å². The summed E-state index contributed by atoms with van der Waals surface area (Å²) in [6.07, 6.45) is 4.00. The molecule has 2 rings (SSSR count). The normalized spacial score (nSPS) is 29.4. The smallest absolute Gasteiger partial charge is 0.327 e. The highest BCUT2D eigenvalue weighted by Gasteiger charge is 2.42. The number of carbonyl (C=O) groups excluding carboxylic acids is 1. The molecule has 3 unspecified atom stereocenters. The molecule has 0 aliphatic carbocycles. The summed E-state index contributed by atoms with van der Waals surface area (Å²) >= 11 is 1.55. The fourth-order valence-electron chi connectivity index (χ4n) is 2.86. The van der Waals surface area contributed by atoms with Gasteiger partial charge >= 0.3 is 12.0 Å². The van der Waals surface area contributed by atoms with Gasteiger partial charge in [0.05, 0.1) is 11.5 Å². The summed E-state index contributed by atoms with van der Waals surface area (Å²) in [5.74, 6) is -0.456. The predicted molar refractivity (Wildman–Crippen MR) is 81.4 cm³/mol. The molecule has 2 aliphatic heterocycles. The van der Waals surface area contributed by atoms with E-state index < -0.39 is 12.0 Å². The molecule has 0 spiro atoms. The molecule has 6 nitrogen and oxygen atoms in total. The molecule has 0 radical (unpaired) electrons. The summed E-state index contributed by atoms with van der Waals surface area (Å²) < 4.78 is 5.65. The van der Waals surface area contributed by atoms with Gasteiger partial charge in [0.1, 0.15) is 6.04 Å². The van der Waals surface area contributed by atoms with Gasteiger partial charge in [-0.15, -0.1) is 11.8 Å². The van der Waals surface area contributed by atoms with Crippen molar-refractivity contribution in [2.24, 2.45) is 0 Å². The van der Waals surface area contributed by atoms with Crippen LogP contribution in [0.1, 0.15) is 32.6 Å². The lowest BCUT2D eigenvalue weighted by Crippen LogP contribution is -2.52. The molecule has 0 aromatic heterocycles. The van der Waals surface area contributed by atoms with Crippen LogP contribution < -0.4 is 0 Å². The maximum absolute atomic E-state index is 12.6. The van der Waals surface area contributed by atoms with Gasteiger partial charge in [0.25, 0.3) is 0 Å². The van der Waals surface area contributed by atoms with E-state index in [9.17, 15) is 14.7 Å². The SMILES string of the molecule is CCC1SCC(C(=O)O)N1C(=O)N(C)CC1CCCCO1. The van der Waals surface area contributed by atoms with Crippen molar-refractivity contribution < 1.29 is 19.4 Å². The van der Waals surface area contributed by atoms with E-state index in [0.717, 1.165) is 32.3 Å². The van der Waals surface area contributed by atoms with E-state index in [-0.39, 0.29) is 17.5 Å². The third-order valence-electron chi connectivity index (χ3n) is 4.03. The predicted octanol–water partition coefficient (Wildman–Crippen LogP) is 1.85. The molecule has 2 aliphatic rings. The van der Waals surface area contributed by atoms with Crippen LogP contribution in [0.2, 0.25) is 0 Å². The Morgan fingerprint density at radius 3 is 2.76 bits per heavy atom. The number of nitrogens with zero attached hydrogens (tertiary/aromatic N) is 2.